The first-order valence-corrected chi connectivity index (χ1v) is 5.22. The second-order valence-corrected chi connectivity index (χ2v) is 5.89. The summed E-state index contributed by atoms with van der Waals surface area (Å²) >= 11 is 1.47. The Morgan fingerprint density at radius 1 is 1.60 bits per heavy atom. The Morgan fingerprint density at radius 3 is 2.60 bits per heavy atom. The molecule has 0 bridgehead atoms. The quantitative estimate of drug-likeness (QED) is 0.455. The monoisotopic (exact) mass is 256 g/mol. The molecule has 2 fully saturated rings. The Hall–Kier alpha value is 0.886. The van der Waals surface area contributed by atoms with Crippen molar-refractivity contribution in [3.05, 3.63) is 0 Å². The van der Waals surface area contributed by atoms with Crippen LogP contribution in [0.3, 0.4) is 0 Å². The summed E-state index contributed by atoms with van der Waals surface area (Å²) in [5, 5.41) is 8.87. The number of nitrogens with zero attached hydrogens (tertiary/aromatic N) is 1. The molecule has 1 amide bonds. The van der Waals surface area contributed by atoms with E-state index < -0.39 is 22.8 Å². The maximum atomic E-state index is 11.4. The van der Waals surface area contributed by atoms with Crippen LogP contribution >= 0.6 is 11.8 Å². The first-order valence-electron chi connectivity index (χ1n) is 4.34. The number of carbonyl (C=O) groups excluding carboxylic acids is 1. The molecule has 0 radical (unpaired) electrons. The first kappa shape index (κ1) is 13.9. The van der Waals surface area contributed by atoms with Crippen LogP contribution in [0.2, 0.25) is 0 Å². The van der Waals surface area contributed by atoms with E-state index in [0.29, 0.717) is 0 Å². The number of carboxylic acids is 1. The Labute approximate surface area is 135 Å². The topological polar surface area (TPSA) is 83.6 Å². The molecule has 3 atom stereocenters. The van der Waals surface area contributed by atoms with E-state index in [-0.39, 0.29) is 62.7 Å². The molecule has 80 valence electrons. The van der Waals surface area contributed by atoms with Crippen LogP contribution in [-0.4, -0.2) is 95.5 Å². The van der Waals surface area contributed by atoms with Gasteiger partial charge in [-0.3, -0.25) is 4.79 Å². The molecular weight excluding hydrogens is 243 g/mol. The number of amides is 1. The molecule has 0 aromatic heterocycles. The molecule has 0 saturated carbocycles. The molecule has 0 spiro atoms. The summed E-state index contributed by atoms with van der Waals surface area (Å²) in [5.41, 5.74) is 5.59. The third kappa shape index (κ3) is 1.92. The zero-order valence-electron chi connectivity index (χ0n) is 7.93. The van der Waals surface area contributed by atoms with E-state index in [0.717, 1.165) is 0 Å². The summed E-state index contributed by atoms with van der Waals surface area (Å²) in [6.07, 6.45) is 0. The molecule has 1 unspecified atom stereocenters. The Balaban J connectivity index is 0.00000112. The van der Waals surface area contributed by atoms with Crippen LogP contribution in [0.4, 0.5) is 0 Å². The summed E-state index contributed by atoms with van der Waals surface area (Å²) in [4.78, 5) is 23.8. The number of hydrogen-bond donors (Lipinski definition) is 2. The zero-order chi connectivity index (χ0) is 10.7. The van der Waals surface area contributed by atoms with Gasteiger partial charge in [0.05, 0.1) is 0 Å². The maximum absolute atomic E-state index is 11.4. The predicted molar refractivity (Wildman–Crippen MR) is 58.9 cm³/mol. The van der Waals surface area contributed by atoms with Crippen LogP contribution < -0.4 is 5.73 Å². The van der Waals surface area contributed by atoms with Crippen LogP contribution in [0.5, 0.6) is 0 Å². The van der Waals surface area contributed by atoms with E-state index in [9.17, 15) is 9.59 Å². The van der Waals surface area contributed by atoms with Gasteiger partial charge < -0.3 is 15.7 Å². The van der Waals surface area contributed by atoms with Crippen molar-refractivity contribution in [1.29, 1.82) is 0 Å². The van der Waals surface area contributed by atoms with Gasteiger partial charge in [-0.05, 0) is 13.8 Å². The number of thioether (sulfide) groups is 1. The fourth-order valence-corrected chi connectivity index (χ4v) is 3.61. The summed E-state index contributed by atoms with van der Waals surface area (Å²) in [7, 11) is 0. The Morgan fingerprint density at radius 2 is 2.13 bits per heavy atom. The van der Waals surface area contributed by atoms with Crippen molar-refractivity contribution in [2.75, 3.05) is 0 Å². The van der Waals surface area contributed by atoms with Crippen molar-refractivity contribution < 1.29 is 14.7 Å². The van der Waals surface area contributed by atoms with E-state index >= 15 is 0 Å². The number of aliphatic carboxylic acids is 1. The SMILES string of the molecule is CC1(C)S[C@@H]2C(N)C(=O)N2[C@H]1C(=O)O.[KH]. The van der Waals surface area contributed by atoms with Gasteiger partial charge in [0.2, 0.25) is 5.91 Å². The van der Waals surface area contributed by atoms with E-state index in [4.69, 9.17) is 10.8 Å². The van der Waals surface area contributed by atoms with Crippen LogP contribution in [0, 0.1) is 0 Å². The minimum absolute atomic E-state index is 0. The number of nitrogens with two attached hydrogens (primary N) is 1. The average molecular weight is 256 g/mol. The molecule has 0 aliphatic carbocycles. The van der Waals surface area contributed by atoms with Crippen molar-refractivity contribution in [3.63, 3.8) is 0 Å². The number of hydrogen-bond acceptors (Lipinski definition) is 4. The molecule has 0 aromatic carbocycles. The number of β-lactam (4-membered cyclic amide) rings is 1. The number of carbonyl (C=O) groups is 2. The fraction of sp³-hybridized carbons (Fsp3) is 0.750. The van der Waals surface area contributed by atoms with Gasteiger partial charge in [-0.15, -0.1) is 11.8 Å². The van der Waals surface area contributed by atoms with Crippen LogP contribution in [-0.2, 0) is 9.59 Å². The number of carboxylic acid groups (broad SMARTS) is 1. The van der Waals surface area contributed by atoms with E-state index in [1.54, 1.807) is 0 Å². The summed E-state index contributed by atoms with van der Waals surface area (Å²) in [6.45, 7) is 3.66. The van der Waals surface area contributed by atoms with Gasteiger partial charge in [0.15, 0.2) is 0 Å². The van der Waals surface area contributed by atoms with Gasteiger partial charge in [-0.2, -0.15) is 0 Å². The third-order valence-electron chi connectivity index (χ3n) is 2.72. The summed E-state index contributed by atoms with van der Waals surface area (Å²) < 4.78 is -0.458. The molecule has 2 aliphatic rings. The molecule has 7 heteroatoms. The molecule has 2 heterocycles. The summed E-state index contributed by atoms with van der Waals surface area (Å²) in [5.74, 6) is -1.20. The third-order valence-corrected chi connectivity index (χ3v) is 4.31. The minimum atomic E-state index is -0.953. The van der Waals surface area contributed by atoms with Gasteiger partial charge in [0.25, 0.3) is 0 Å². The van der Waals surface area contributed by atoms with Gasteiger partial charge in [0.1, 0.15) is 17.5 Å². The van der Waals surface area contributed by atoms with Crippen molar-refractivity contribution in [2.24, 2.45) is 5.73 Å². The van der Waals surface area contributed by atoms with Gasteiger partial charge in [-0.1, -0.05) is 0 Å². The van der Waals surface area contributed by atoms with Gasteiger partial charge in [-0.25, -0.2) is 4.79 Å². The van der Waals surface area contributed by atoms with Crippen molar-refractivity contribution in [1.82, 2.24) is 4.90 Å². The van der Waals surface area contributed by atoms with Crippen LogP contribution in [0.1, 0.15) is 13.8 Å². The second-order valence-electron chi connectivity index (χ2n) is 4.12. The second kappa shape index (κ2) is 4.28. The average Bonchev–Trinajstić information content (AvgIpc) is 2.34. The molecule has 15 heavy (non-hydrogen) atoms. The molecule has 2 saturated heterocycles. The van der Waals surface area contributed by atoms with Crippen molar-refractivity contribution in [2.45, 2.75) is 36.1 Å². The van der Waals surface area contributed by atoms with Gasteiger partial charge >= 0.3 is 57.4 Å². The zero-order valence-corrected chi connectivity index (χ0v) is 8.75. The van der Waals surface area contributed by atoms with E-state index in [1.165, 1.54) is 16.7 Å². The van der Waals surface area contributed by atoms with E-state index in [2.05, 4.69) is 0 Å². The Kier molecular flexibility index (Phi) is 3.98. The standard InChI is InChI=1S/C8H12N2O3S.K.H/c1-8(2)4(7(12)13)10-5(11)3(9)6(10)14-8;;/h3-4,6H,9H2,1-2H3,(H,12,13);;/t3?,4-,6+;;/m0../s1. The fourth-order valence-electron chi connectivity index (χ4n) is 2.04. The molecule has 2 rings (SSSR count). The molecule has 2 aliphatic heterocycles. The molecule has 0 aromatic rings. The van der Waals surface area contributed by atoms with Crippen LogP contribution in [0.15, 0.2) is 0 Å². The predicted octanol–water partition coefficient (Wildman–Crippen LogP) is -1.19. The van der Waals surface area contributed by atoms with Crippen molar-refractivity contribution in [3.8, 4) is 0 Å². The molecular formula is C8H13KN2O3S. The van der Waals surface area contributed by atoms with Gasteiger partial charge in [0, 0.05) is 4.75 Å². The summed E-state index contributed by atoms with van der Waals surface area (Å²) in [6, 6.07) is -1.27. The Bertz CT molecular complexity index is 323. The van der Waals surface area contributed by atoms with Crippen LogP contribution in [0.25, 0.3) is 0 Å². The molecule has 3 N–H and O–H groups in total. The normalized spacial score (nSPS) is 36.6. The molecule has 5 nitrogen and oxygen atoms in total. The van der Waals surface area contributed by atoms with Crippen molar-refractivity contribution >= 4 is 75.0 Å². The first-order chi connectivity index (χ1) is 6.36. The number of fused-ring (bicyclic) bond motifs is 1. The number of rotatable bonds is 1. The van der Waals surface area contributed by atoms with E-state index in [1.807, 2.05) is 13.8 Å².